The van der Waals surface area contributed by atoms with Gasteiger partial charge in [0.25, 0.3) is 11.8 Å². The molecule has 2 fully saturated rings. The van der Waals surface area contributed by atoms with Gasteiger partial charge in [0.1, 0.15) is 5.82 Å². The van der Waals surface area contributed by atoms with Crippen molar-refractivity contribution < 1.29 is 23.5 Å². The van der Waals surface area contributed by atoms with Gasteiger partial charge in [-0.15, -0.1) is 0 Å². The number of carbonyl (C=O) groups excluding carboxylic acids is 3. The molecule has 1 aliphatic carbocycles. The number of ether oxygens (including phenoxy) is 1. The van der Waals surface area contributed by atoms with E-state index in [0.29, 0.717) is 51.7 Å². The fourth-order valence-corrected chi connectivity index (χ4v) is 5.78. The molecule has 1 saturated carbocycles. The summed E-state index contributed by atoms with van der Waals surface area (Å²) in [6.45, 7) is 5.21. The fraction of sp³-hybridized carbons (Fsp3) is 0.464. The Balaban J connectivity index is 1.27. The Bertz CT molecular complexity index is 1240. The van der Waals surface area contributed by atoms with E-state index in [1.807, 2.05) is 0 Å². The summed E-state index contributed by atoms with van der Waals surface area (Å²) in [5, 5.41) is 5.69. The highest BCUT2D eigenvalue weighted by Crippen LogP contribution is 2.35. The topological polar surface area (TPSA) is 100 Å². The van der Waals surface area contributed by atoms with Crippen molar-refractivity contribution in [1.29, 1.82) is 0 Å². The van der Waals surface area contributed by atoms with Gasteiger partial charge < -0.3 is 20.4 Å². The van der Waals surface area contributed by atoms with Crippen LogP contribution < -0.4 is 10.6 Å². The molecule has 3 aliphatic rings. The van der Waals surface area contributed by atoms with Crippen molar-refractivity contribution in [2.45, 2.75) is 58.4 Å². The molecule has 36 heavy (non-hydrogen) atoms. The first-order valence-electron chi connectivity index (χ1n) is 12.8. The van der Waals surface area contributed by atoms with Crippen molar-refractivity contribution in [2.24, 2.45) is 11.8 Å². The molecule has 2 amide bonds. The molecule has 2 aromatic rings. The third kappa shape index (κ3) is 4.74. The number of halogens is 1. The summed E-state index contributed by atoms with van der Waals surface area (Å²) in [5.74, 6) is -0.280. The molecule has 2 aliphatic heterocycles. The van der Waals surface area contributed by atoms with Crippen LogP contribution in [0.15, 0.2) is 18.2 Å². The number of ketones is 1. The molecule has 2 atom stereocenters. The zero-order chi connectivity index (χ0) is 25.4. The van der Waals surface area contributed by atoms with Crippen LogP contribution in [0.25, 0.3) is 11.6 Å². The lowest BCUT2D eigenvalue weighted by Crippen LogP contribution is -2.39. The lowest BCUT2D eigenvalue weighted by atomic mass is 9.89. The number of aromatic nitrogens is 1. The Morgan fingerprint density at radius 2 is 1.92 bits per heavy atom. The molecule has 0 spiro atoms. The normalized spacial score (nSPS) is 23.2. The van der Waals surface area contributed by atoms with Crippen molar-refractivity contribution >= 4 is 34.9 Å². The van der Waals surface area contributed by atoms with Gasteiger partial charge in [-0.1, -0.05) is 0 Å². The number of amides is 2. The average molecular weight is 494 g/mol. The van der Waals surface area contributed by atoms with Crippen LogP contribution in [0.5, 0.6) is 0 Å². The smallest absolute Gasteiger partial charge is 0.256 e. The van der Waals surface area contributed by atoms with Crippen molar-refractivity contribution in [3.63, 3.8) is 0 Å². The van der Waals surface area contributed by atoms with Gasteiger partial charge in [-0.3, -0.25) is 14.4 Å². The van der Waals surface area contributed by atoms with Crippen LogP contribution in [0.2, 0.25) is 0 Å². The second-order valence-corrected chi connectivity index (χ2v) is 10.2. The van der Waals surface area contributed by atoms with Crippen LogP contribution in [0.3, 0.4) is 0 Å². The second-order valence-electron chi connectivity index (χ2n) is 10.2. The number of Topliss-reactive ketones (excluding diaryl/α,β-unsaturated/α-hetero) is 1. The monoisotopic (exact) mass is 493 g/mol. The van der Waals surface area contributed by atoms with E-state index in [9.17, 15) is 18.8 Å². The highest BCUT2D eigenvalue weighted by atomic mass is 19.1. The van der Waals surface area contributed by atoms with Crippen molar-refractivity contribution in [3.05, 3.63) is 52.1 Å². The average Bonchev–Trinajstić information content (AvgIpc) is 3.46. The molecule has 3 N–H and O–H groups in total. The standard InChI is InChI=1S/C28H32FN3O4/c1-15-24(14-21-20-13-19(29)6-8-22(20)31-27(21)34)30-16(2)25(15)28(35)32-23-7-5-18(26(23)33)4-3-17-9-11-36-12-10-17/h6,8,13-14,17-18,23,30H,3-5,7,9-12H2,1-2H3,(H,31,34)(H,32,35)/b21-14-/t18?,23-/m0/s1. The molecule has 190 valence electrons. The summed E-state index contributed by atoms with van der Waals surface area (Å²) in [5.41, 5.74) is 3.77. The summed E-state index contributed by atoms with van der Waals surface area (Å²) in [4.78, 5) is 41.9. The second kappa shape index (κ2) is 10.0. The van der Waals surface area contributed by atoms with Gasteiger partial charge in [-0.2, -0.15) is 0 Å². The molecule has 0 radical (unpaired) electrons. The molecule has 1 unspecified atom stereocenters. The number of aryl methyl sites for hydroxylation is 1. The van der Waals surface area contributed by atoms with Crippen molar-refractivity contribution in [2.75, 3.05) is 18.5 Å². The molecule has 0 bridgehead atoms. The van der Waals surface area contributed by atoms with E-state index in [1.54, 1.807) is 19.9 Å². The number of hydrogen-bond acceptors (Lipinski definition) is 4. The van der Waals surface area contributed by atoms with Gasteiger partial charge in [0.05, 0.1) is 17.2 Å². The Kier molecular flexibility index (Phi) is 6.79. The fourth-order valence-electron chi connectivity index (χ4n) is 5.78. The van der Waals surface area contributed by atoms with Crippen LogP contribution in [-0.2, 0) is 14.3 Å². The summed E-state index contributed by atoms with van der Waals surface area (Å²) in [7, 11) is 0. The number of nitrogens with one attached hydrogen (secondary N) is 3. The Morgan fingerprint density at radius 1 is 1.14 bits per heavy atom. The number of benzene rings is 1. The highest BCUT2D eigenvalue weighted by Gasteiger charge is 2.36. The van der Waals surface area contributed by atoms with Gasteiger partial charge >= 0.3 is 0 Å². The van der Waals surface area contributed by atoms with Crippen LogP contribution in [0.1, 0.15) is 71.4 Å². The Hall–Kier alpha value is -3.26. The van der Waals surface area contributed by atoms with Crippen LogP contribution in [-0.4, -0.2) is 41.8 Å². The maximum absolute atomic E-state index is 13.8. The van der Waals surface area contributed by atoms with Crippen LogP contribution in [0.4, 0.5) is 10.1 Å². The predicted octanol–water partition coefficient (Wildman–Crippen LogP) is 4.55. The summed E-state index contributed by atoms with van der Waals surface area (Å²) < 4.78 is 19.2. The molecule has 1 saturated heterocycles. The van der Waals surface area contributed by atoms with Gasteiger partial charge in [0.15, 0.2) is 5.78 Å². The van der Waals surface area contributed by atoms with Gasteiger partial charge in [0.2, 0.25) is 0 Å². The first-order valence-corrected chi connectivity index (χ1v) is 12.8. The Morgan fingerprint density at radius 3 is 2.69 bits per heavy atom. The SMILES string of the molecule is Cc1[nH]c(/C=C2\C(=O)Nc3ccc(F)cc32)c(C)c1C(=O)N[C@H]1CCC(CCC2CCOCC2)C1=O. The van der Waals surface area contributed by atoms with Crippen molar-refractivity contribution in [1.82, 2.24) is 10.3 Å². The molecule has 1 aromatic heterocycles. The minimum atomic E-state index is -0.469. The largest absolute Gasteiger partial charge is 0.381 e. The molecular formula is C28H32FN3O4. The Labute approximate surface area is 209 Å². The number of rotatable bonds is 6. The molecule has 3 heterocycles. The number of fused-ring (bicyclic) bond motifs is 1. The lowest BCUT2D eigenvalue weighted by Gasteiger charge is -2.23. The first kappa shape index (κ1) is 24.4. The third-order valence-electron chi connectivity index (χ3n) is 7.88. The van der Waals surface area contributed by atoms with Gasteiger partial charge in [-0.05, 0) is 88.1 Å². The van der Waals surface area contributed by atoms with Gasteiger partial charge in [-0.25, -0.2) is 4.39 Å². The van der Waals surface area contributed by atoms with Crippen LogP contribution in [0, 0.1) is 31.5 Å². The summed E-state index contributed by atoms with van der Waals surface area (Å²) in [6, 6.07) is 3.68. The molecule has 1 aromatic carbocycles. The highest BCUT2D eigenvalue weighted by molar-refractivity contribution is 6.34. The molecule has 7 nitrogen and oxygen atoms in total. The van der Waals surface area contributed by atoms with E-state index in [2.05, 4.69) is 15.6 Å². The maximum Gasteiger partial charge on any atom is 0.256 e. The zero-order valence-corrected chi connectivity index (χ0v) is 20.7. The lowest BCUT2D eigenvalue weighted by molar-refractivity contribution is -0.122. The van der Waals surface area contributed by atoms with Gasteiger partial charge in [0, 0.05) is 41.8 Å². The predicted molar refractivity (Wildman–Crippen MR) is 135 cm³/mol. The van der Waals surface area contributed by atoms with E-state index in [0.717, 1.165) is 45.3 Å². The van der Waals surface area contributed by atoms with Crippen LogP contribution >= 0.6 is 0 Å². The van der Waals surface area contributed by atoms with E-state index in [4.69, 9.17) is 4.74 Å². The summed E-state index contributed by atoms with van der Waals surface area (Å²) in [6.07, 6.45) is 7.15. The third-order valence-corrected chi connectivity index (χ3v) is 7.88. The van der Waals surface area contributed by atoms with E-state index in [-0.39, 0.29) is 23.5 Å². The number of anilines is 1. The number of hydrogen-bond donors (Lipinski definition) is 3. The number of aromatic amines is 1. The minimum absolute atomic E-state index is 0.00759. The number of carbonyl (C=O) groups is 3. The zero-order valence-electron chi connectivity index (χ0n) is 20.7. The quantitative estimate of drug-likeness (QED) is 0.514. The summed E-state index contributed by atoms with van der Waals surface area (Å²) >= 11 is 0. The maximum atomic E-state index is 13.8. The molecular weight excluding hydrogens is 461 g/mol. The molecule has 5 rings (SSSR count). The number of H-pyrrole nitrogens is 1. The minimum Gasteiger partial charge on any atom is -0.381 e. The van der Waals surface area contributed by atoms with E-state index < -0.39 is 11.9 Å². The first-order chi connectivity index (χ1) is 17.3. The van der Waals surface area contributed by atoms with Crippen molar-refractivity contribution in [3.8, 4) is 0 Å². The van der Waals surface area contributed by atoms with E-state index >= 15 is 0 Å². The molecule has 8 heteroatoms. The van der Waals surface area contributed by atoms with E-state index in [1.165, 1.54) is 18.2 Å².